The zero-order valence-corrected chi connectivity index (χ0v) is 12.6. The molecule has 21 heavy (non-hydrogen) atoms. The topological polar surface area (TPSA) is 74.2 Å². The van der Waals surface area contributed by atoms with Crippen molar-refractivity contribution in [2.75, 3.05) is 6.61 Å². The molecule has 1 aliphatic rings. The van der Waals surface area contributed by atoms with Crippen molar-refractivity contribution in [2.45, 2.75) is 37.8 Å². The van der Waals surface area contributed by atoms with Crippen LogP contribution in [0.4, 0.5) is 4.79 Å². The Hall–Kier alpha value is -1.66. The fourth-order valence-corrected chi connectivity index (χ4v) is 3.72. The summed E-state index contributed by atoms with van der Waals surface area (Å²) in [6.07, 6.45) is 3.80. The normalized spacial score (nSPS) is 17.0. The van der Waals surface area contributed by atoms with Gasteiger partial charge in [0.25, 0.3) is 0 Å². The van der Waals surface area contributed by atoms with E-state index in [-0.39, 0.29) is 12.6 Å². The standard InChI is InChI=1S/C15H19N3O2S/c19-10-15(7-3-4-8-15)18-14(20)16-9-13-17-11-5-1-2-6-12(11)21-13/h1-2,5-6,19H,3-4,7-10H2,(H2,16,18,20). The van der Waals surface area contributed by atoms with Gasteiger partial charge in [-0.3, -0.25) is 0 Å². The van der Waals surface area contributed by atoms with E-state index in [9.17, 15) is 9.90 Å². The lowest BCUT2D eigenvalue weighted by Gasteiger charge is -2.27. The maximum Gasteiger partial charge on any atom is 0.315 e. The fourth-order valence-electron chi connectivity index (χ4n) is 2.81. The van der Waals surface area contributed by atoms with Crippen molar-refractivity contribution in [3.8, 4) is 0 Å². The minimum Gasteiger partial charge on any atom is -0.394 e. The number of hydrogen-bond acceptors (Lipinski definition) is 4. The van der Waals surface area contributed by atoms with Gasteiger partial charge >= 0.3 is 6.03 Å². The van der Waals surface area contributed by atoms with E-state index in [1.165, 1.54) is 0 Å². The number of carbonyl (C=O) groups is 1. The summed E-state index contributed by atoms with van der Waals surface area (Å²) < 4.78 is 1.12. The van der Waals surface area contributed by atoms with Crippen LogP contribution >= 0.6 is 11.3 Å². The Morgan fingerprint density at radius 2 is 2.10 bits per heavy atom. The minimum absolute atomic E-state index is 0.00155. The molecule has 2 aromatic rings. The number of amides is 2. The molecule has 0 spiro atoms. The molecule has 0 saturated heterocycles. The molecule has 1 aromatic carbocycles. The summed E-state index contributed by atoms with van der Waals surface area (Å²) in [5.41, 5.74) is 0.528. The molecule has 3 rings (SSSR count). The van der Waals surface area contributed by atoms with Gasteiger partial charge in [0.1, 0.15) is 5.01 Å². The van der Waals surface area contributed by atoms with Crippen LogP contribution in [0.15, 0.2) is 24.3 Å². The van der Waals surface area contributed by atoms with Gasteiger partial charge in [0, 0.05) is 0 Å². The highest BCUT2D eigenvalue weighted by molar-refractivity contribution is 7.18. The molecule has 0 aliphatic heterocycles. The Labute approximate surface area is 127 Å². The van der Waals surface area contributed by atoms with E-state index in [4.69, 9.17) is 0 Å². The number of carbonyl (C=O) groups excluding carboxylic acids is 1. The molecule has 1 aliphatic carbocycles. The van der Waals surface area contributed by atoms with Gasteiger partial charge in [-0.2, -0.15) is 0 Å². The second-order valence-corrected chi connectivity index (χ2v) is 6.64. The Balaban J connectivity index is 1.58. The molecule has 5 nitrogen and oxygen atoms in total. The van der Waals surface area contributed by atoms with E-state index in [2.05, 4.69) is 15.6 Å². The third-order valence-corrected chi connectivity index (χ3v) is 5.02. The average molecular weight is 305 g/mol. The average Bonchev–Trinajstić information content (AvgIpc) is 3.11. The van der Waals surface area contributed by atoms with Crippen molar-refractivity contribution in [3.05, 3.63) is 29.3 Å². The SMILES string of the molecule is O=C(NCc1nc2ccccc2s1)NC1(CO)CCCC1. The highest BCUT2D eigenvalue weighted by atomic mass is 32.1. The van der Waals surface area contributed by atoms with Gasteiger partial charge < -0.3 is 15.7 Å². The zero-order valence-electron chi connectivity index (χ0n) is 11.8. The quantitative estimate of drug-likeness (QED) is 0.812. The van der Waals surface area contributed by atoms with Crippen LogP contribution in [0, 0.1) is 0 Å². The predicted molar refractivity (Wildman–Crippen MR) is 83.3 cm³/mol. The first-order valence-electron chi connectivity index (χ1n) is 7.22. The number of aliphatic hydroxyl groups is 1. The molecule has 0 bridgehead atoms. The Bertz CT molecular complexity index is 602. The van der Waals surface area contributed by atoms with Gasteiger partial charge in [-0.1, -0.05) is 25.0 Å². The first kappa shape index (κ1) is 14.3. The second-order valence-electron chi connectivity index (χ2n) is 5.53. The maximum absolute atomic E-state index is 12.0. The van der Waals surface area contributed by atoms with Gasteiger partial charge in [-0.15, -0.1) is 11.3 Å². The van der Waals surface area contributed by atoms with Crippen molar-refractivity contribution >= 4 is 27.6 Å². The van der Waals surface area contributed by atoms with Crippen molar-refractivity contribution < 1.29 is 9.90 Å². The number of fused-ring (bicyclic) bond motifs is 1. The third kappa shape index (κ3) is 3.16. The number of nitrogens with one attached hydrogen (secondary N) is 2. The number of benzene rings is 1. The smallest absolute Gasteiger partial charge is 0.315 e. The van der Waals surface area contributed by atoms with E-state index >= 15 is 0 Å². The molecule has 1 saturated carbocycles. The van der Waals surface area contributed by atoms with Crippen LogP contribution in [0.1, 0.15) is 30.7 Å². The molecule has 3 N–H and O–H groups in total. The van der Waals surface area contributed by atoms with Crippen LogP contribution in [0.2, 0.25) is 0 Å². The lowest BCUT2D eigenvalue weighted by atomic mass is 9.99. The van der Waals surface area contributed by atoms with Crippen molar-refractivity contribution in [1.82, 2.24) is 15.6 Å². The third-order valence-electron chi connectivity index (χ3n) is 3.98. The summed E-state index contributed by atoms with van der Waals surface area (Å²) in [6.45, 7) is 0.411. The molecule has 0 unspecified atom stereocenters. The number of thiazole rings is 1. The number of para-hydroxylation sites is 1. The summed E-state index contributed by atoms with van der Waals surface area (Å²) >= 11 is 1.58. The molecule has 1 heterocycles. The van der Waals surface area contributed by atoms with E-state index in [0.717, 1.165) is 40.9 Å². The molecule has 112 valence electrons. The molecule has 1 fully saturated rings. The lowest BCUT2D eigenvalue weighted by molar-refractivity contribution is 0.163. The summed E-state index contributed by atoms with van der Waals surface area (Å²) in [7, 11) is 0. The number of urea groups is 1. The number of aliphatic hydroxyl groups excluding tert-OH is 1. The van der Waals surface area contributed by atoms with Crippen LogP contribution in [0.5, 0.6) is 0 Å². The van der Waals surface area contributed by atoms with Gasteiger partial charge in [0.2, 0.25) is 0 Å². The number of nitrogens with zero attached hydrogens (tertiary/aromatic N) is 1. The number of hydrogen-bond donors (Lipinski definition) is 3. The van der Waals surface area contributed by atoms with Crippen molar-refractivity contribution in [3.63, 3.8) is 0 Å². The van der Waals surface area contributed by atoms with Gasteiger partial charge in [-0.05, 0) is 25.0 Å². The van der Waals surface area contributed by atoms with Crippen LogP contribution in [-0.2, 0) is 6.54 Å². The van der Waals surface area contributed by atoms with E-state index in [1.54, 1.807) is 11.3 Å². The molecular formula is C15H19N3O2S. The zero-order chi connectivity index (χ0) is 14.7. The lowest BCUT2D eigenvalue weighted by Crippen LogP contribution is -2.52. The van der Waals surface area contributed by atoms with Gasteiger partial charge in [-0.25, -0.2) is 9.78 Å². The summed E-state index contributed by atoms with van der Waals surface area (Å²) in [5.74, 6) is 0. The molecule has 2 amide bonds. The fraction of sp³-hybridized carbons (Fsp3) is 0.467. The van der Waals surface area contributed by atoms with Gasteiger partial charge in [0.05, 0.1) is 28.9 Å². The Kier molecular flexibility index (Phi) is 4.07. The predicted octanol–water partition coefficient (Wildman–Crippen LogP) is 2.40. The highest BCUT2D eigenvalue weighted by Gasteiger charge is 2.34. The summed E-state index contributed by atoms with van der Waals surface area (Å²) in [4.78, 5) is 16.5. The molecule has 0 atom stereocenters. The number of aromatic nitrogens is 1. The van der Waals surface area contributed by atoms with E-state index < -0.39 is 5.54 Å². The molecule has 0 radical (unpaired) electrons. The number of rotatable bonds is 4. The summed E-state index contributed by atoms with van der Waals surface area (Å²) in [5, 5.41) is 16.1. The summed E-state index contributed by atoms with van der Waals surface area (Å²) in [6, 6.07) is 7.70. The Morgan fingerprint density at radius 1 is 1.33 bits per heavy atom. The van der Waals surface area contributed by atoms with Crippen molar-refractivity contribution in [1.29, 1.82) is 0 Å². The first-order valence-corrected chi connectivity index (χ1v) is 8.04. The van der Waals surface area contributed by atoms with E-state index in [1.807, 2.05) is 24.3 Å². The Morgan fingerprint density at radius 3 is 2.81 bits per heavy atom. The van der Waals surface area contributed by atoms with E-state index in [0.29, 0.717) is 6.54 Å². The van der Waals surface area contributed by atoms with Crippen molar-refractivity contribution in [2.24, 2.45) is 0 Å². The van der Waals surface area contributed by atoms with Crippen LogP contribution < -0.4 is 10.6 Å². The van der Waals surface area contributed by atoms with Crippen LogP contribution in [-0.4, -0.2) is 28.3 Å². The largest absolute Gasteiger partial charge is 0.394 e. The molecular weight excluding hydrogens is 286 g/mol. The first-order chi connectivity index (χ1) is 10.2. The minimum atomic E-state index is -0.433. The second kappa shape index (κ2) is 5.99. The van der Waals surface area contributed by atoms with Crippen LogP contribution in [0.25, 0.3) is 10.2 Å². The molecule has 1 aromatic heterocycles. The maximum atomic E-state index is 12.0. The molecule has 6 heteroatoms. The van der Waals surface area contributed by atoms with Crippen LogP contribution in [0.3, 0.4) is 0 Å². The monoisotopic (exact) mass is 305 g/mol. The highest BCUT2D eigenvalue weighted by Crippen LogP contribution is 2.29. The van der Waals surface area contributed by atoms with Gasteiger partial charge in [0.15, 0.2) is 0 Å².